The quantitative estimate of drug-likeness (QED) is 0.886. The van der Waals surface area contributed by atoms with Crippen LogP contribution >= 0.6 is 0 Å². The van der Waals surface area contributed by atoms with E-state index in [2.05, 4.69) is 4.90 Å². The maximum Gasteiger partial charge on any atom is 0.335 e. The average Bonchev–Trinajstić information content (AvgIpc) is 2.42. The van der Waals surface area contributed by atoms with Crippen LogP contribution in [0.2, 0.25) is 0 Å². The van der Waals surface area contributed by atoms with Gasteiger partial charge in [0.25, 0.3) is 0 Å². The van der Waals surface area contributed by atoms with Crippen molar-refractivity contribution in [1.82, 2.24) is 4.90 Å². The van der Waals surface area contributed by atoms with E-state index in [9.17, 15) is 4.79 Å². The number of carboxylic acid groups (broad SMARTS) is 1. The lowest BCUT2D eigenvalue weighted by molar-refractivity contribution is 0.0600. The largest absolute Gasteiger partial charge is 0.478 e. The zero-order chi connectivity index (χ0) is 13.7. The maximum atomic E-state index is 10.8. The molecule has 0 saturated carbocycles. The van der Waals surface area contributed by atoms with Crippen molar-refractivity contribution in [2.45, 2.75) is 31.8 Å². The molecule has 1 fully saturated rings. The predicted octanol–water partition coefficient (Wildman–Crippen LogP) is 2.39. The van der Waals surface area contributed by atoms with Crippen molar-refractivity contribution >= 4 is 5.97 Å². The normalized spacial score (nSPS) is 20.4. The summed E-state index contributed by atoms with van der Waals surface area (Å²) in [6.45, 7) is 2.73. The van der Waals surface area contributed by atoms with Crippen LogP contribution in [0.4, 0.5) is 0 Å². The molecule has 0 spiro atoms. The van der Waals surface area contributed by atoms with Gasteiger partial charge in [-0.25, -0.2) is 4.79 Å². The maximum absolute atomic E-state index is 10.8. The molecule has 2 rings (SSSR count). The Balaban J connectivity index is 2.00. The molecular weight excluding hydrogens is 242 g/mol. The Morgan fingerprint density at radius 2 is 2.11 bits per heavy atom. The topological polar surface area (TPSA) is 49.8 Å². The molecule has 19 heavy (non-hydrogen) atoms. The van der Waals surface area contributed by atoms with Crippen LogP contribution in [0.3, 0.4) is 0 Å². The number of carbonyl (C=O) groups is 1. The van der Waals surface area contributed by atoms with Crippen molar-refractivity contribution in [3.05, 3.63) is 35.4 Å². The molecule has 1 saturated heterocycles. The van der Waals surface area contributed by atoms with Crippen LogP contribution in [0.15, 0.2) is 24.3 Å². The average molecular weight is 263 g/mol. The third kappa shape index (κ3) is 3.78. The van der Waals surface area contributed by atoms with Gasteiger partial charge < -0.3 is 9.84 Å². The monoisotopic (exact) mass is 263 g/mol. The van der Waals surface area contributed by atoms with E-state index in [1.54, 1.807) is 19.2 Å². The number of ether oxygens (including phenoxy) is 1. The van der Waals surface area contributed by atoms with E-state index < -0.39 is 5.97 Å². The summed E-state index contributed by atoms with van der Waals surface area (Å²) in [5, 5.41) is 8.88. The molecule has 0 aliphatic carbocycles. The molecule has 0 bridgehead atoms. The lowest BCUT2D eigenvalue weighted by atomic mass is 10.0. The summed E-state index contributed by atoms with van der Waals surface area (Å²) >= 11 is 0. The number of aromatic carboxylic acids is 1. The molecule has 1 atom stereocenters. The summed E-state index contributed by atoms with van der Waals surface area (Å²) in [5.74, 6) is -0.873. The van der Waals surface area contributed by atoms with Gasteiger partial charge in [0, 0.05) is 19.7 Å². The Morgan fingerprint density at radius 3 is 2.74 bits per heavy atom. The van der Waals surface area contributed by atoms with Gasteiger partial charge in [-0.15, -0.1) is 0 Å². The fourth-order valence-electron chi connectivity index (χ4n) is 2.64. The number of hydrogen-bond donors (Lipinski definition) is 1. The van der Waals surface area contributed by atoms with Crippen LogP contribution in [0.5, 0.6) is 0 Å². The first-order chi connectivity index (χ1) is 9.20. The smallest absolute Gasteiger partial charge is 0.335 e. The van der Waals surface area contributed by atoms with Gasteiger partial charge in [0.2, 0.25) is 0 Å². The van der Waals surface area contributed by atoms with Crippen LogP contribution in [-0.2, 0) is 11.3 Å². The van der Waals surface area contributed by atoms with E-state index in [1.165, 1.54) is 19.3 Å². The molecule has 4 heteroatoms. The zero-order valence-corrected chi connectivity index (χ0v) is 11.3. The van der Waals surface area contributed by atoms with Crippen molar-refractivity contribution in [2.24, 2.45) is 0 Å². The van der Waals surface area contributed by atoms with Crippen molar-refractivity contribution in [2.75, 3.05) is 20.3 Å². The van der Waals surface area contributed by atoms with Gasteiger partial charge >= 0.3 is 5.97 Å². The minimum atomic E-state index is -0.873. The summed E-state index contributed by atoms with van der Waals surface area (Å²) in [4.78, 5) is 13.2. The lowest BCUT2D eigenvalue weighted by Gasteiger charge is -2.35. The Labute approximate surface area is 114 Å². The number of piperidine rings is 1. The van der Waals surface area contributed by atoms with Gasteiger partial charge in [0.15, 0.2) is 0 Å². The van der Waals surface area contributed by atoms with E-state index >= 15 is 0 Å². The van der Waals surface area contributed by atoms with Crippen LogP contribution in [0.1, 0.15) is 35.2 Å². The molecule has 1 N–H and O–H groups in total. The summed E-state index contributed by atoms with van der Waals surface area (Å²) in [7, 11) is 1.74. The Morgan fingerprint density at radius 1 is 1.37 bits per heavy atom. The van der Waals surface area contributed by atoms with Gasteiger partial charge in [-0.3, -0.25) is 4.90 Å². The fourth-order valence-corrected chi connectivity index (χ4v) is 2.64. The van der Waals surface area contributed by atoms with Gasteiger partial charge in [-0.2, -0.15) is 0 Å². The standard InChI is InChI=1S/C15H21NO3/c1-19-11-14-4-2-3-9-16(14)10-12-5-7-13(8-6-12)15(17)18/h5-8,14H,2-4,9-11H2,1H3,(H,17,18)/t14-/m0/s1. The molecule has 104 valence electrons. The summed E-state index contributed by atoms with van der Waals surface area (Å²) in [6.07, 6.45) is 3.68. The fraction of sp³-hybridized carbons (Fsp3) is 0.533. The third-order valence-electron chi connectivity index (χ3n) is 3.69. The second-order valence-electron chi connectivity index (χ2n) is 5.08. The van der Waals surface area contributed by atoms with Crippen LogP contribution in [-0.4, -0.2) is 42.3 Å². The molecule has 0 aromatic heterocycles. The second-order valence-corrected chi connectivity index (χ2v) is 5.08. The molecule has 1 aromatic carbocycles. The highest BCUT2D eigenvalue weighted by Gasteiger charge is 2.22. The zero-order valence-electron chi connectivity index (χ0n) is 11.3. The summed E-state index contributed by atoms with van der Waals surface area (Å²) in [5.41, 5.74) is 1.50. The van der Waals surface area contributed by atoms with Gasteiger partial charge in [-0.05, 0) is 37.1 Å². The first-order valence-electron chi connectivity index (χ1n) is 6.76. The summed E-state index contributed by atoms with van der Waals surface area (Å²) < 4.78 is 5.28. The van der Waals surface area contributed by atoms with Crippen molar-refractivity contribution in [3.63, 3.8) is 0 Å². The molecule has 1 heterocycles. The number of methoxy groups -OCH3 is 1. The van der Waals surface area contributed by atoms with E-state index in [0.717, 1.165) is 25.3 Å². The molecular formula is C15H21NO3. The lowest BCUT2D eigenvalue weighted by Crippen LogP contribution is -2.41. The minimum Gasteiger partial charge on any atom is -0.478 e. The van der Waals surface area contributed by atoms with E-state index in [0.29, 0.717) is 11.6 Å². The van der Waals surface area contributed by atoms with E-state index in [1.807, 2.05) is 12.1 Å². The van der Waals surface area contributed by atoms with Crippen LogP contribution in [0, 0.1) is 0 Å². The summed E-state index contributed by atoms with van der Waals surface area (Å²) in [6, 6.07) is 7.64. The van der Waals surface area contributed by atoms with Crippen LogP contribution in [0.25, 0.3) is 0 Å². The predicted molar refractivity (Wildman–Crippen MR) is 73.3 cm³/mol. The number of carboxylic acids is 1. The van der Waals surface area contributed by atoms with Gasteiger partial charge in [-0.1, -0.05) is 18.6 Å². The Kier molecular flexibility index (Phi) is 4.93. The number of benzene rings is 1. The van der Waals surface area contributed by atoms with Crippen molar-refractivity contribution < 1.29 is 14.6 Å². The molecule has 0 amide bonds. The molecule has 1 aromatic rings. The van der Waals surface area contributed by atoms with E-state index in [-0.39, 0.29) is 0 Å². The van der Waals surface area contributed by atoms with Crippen molar-refractivity contribution in [1.29, 1.82) is 0 Å². The number of rotatable bonds is 5. The minimum absolute atomic E-state index is 0.343. The Hall–Kier alpha value is -1.39. The highest BCUT2D eigenvalue weighted by atomic mass is 16.5. The second kappa shape index (κ2) is 6.68. The number of likely N-dealkylation sites (tertiary alicyclic amines) is 1. The SMILES string of the molecule is COC[C@@H]1CCCCN1Cc1ccc(C(=O)O)cc1. The molecule has 4 nitrogen and oxygen atoms in total. The number of nitrogens with zero attached hydrogens (tertiary/aromatic N) is 1. The molecule has 1 aliphatic rings. The molecule has 0 unspecified atom stereocenters. The van der Waals surface area contributed by atoms with E-state index in [4.69, 9.17) is 9.84 Å². The first-order valence-corrected chi connectivity index (χ1v) is 6.76. The molecule has 0 radical (unpaired) electrons. The Bertz CT molecular complexity index is 414. The first kappa shape index (κ1) is 14.0. The third-order valence-corrected chi connectivity index (χ3v) is 3.69. The molecule has 1 aliphatic heterocycles. The van der Waals surface area contributed by atoms with Crippen molar-refractivity contribution in [3.8, 4) is 0 Å². The van der Waals surface area contributed by atoms with Crippen LogP contribution < -0.4 is 0 Å². The highest BCUT2D eigenvalue weighted by Crippen LogP contribution is 2.20. The number of hydrogen-bond acceptors (Lipinski definition) is 3. The van der Waals surface area contributed by atoms with Gasteiger partial charge in [0.1, 0.15) is 0 Å². The van der Waals surface area contributed by atoms with Gasteiger partial charge in [0.05, 0.1) is 12.2 Å². The highest BCUT2D eigenvalue weighted by molar-refractivity contribution is 5.87.